The van der Waals surface area contributed by atoms with E-state index in [4.69, 9.17) is 5.11 Å². The Bertz CT molecular complexity index is 822. The van der Waals surface area contributed by atoms with Gasteiger partial charge in [-0.3, -0.25) is 9.59 Å². The van der Waals surface area contributed by atoms with Gasteiger partial charge in [0.1, 0.15) is 0 Å². The number of hydrogen-bond acceptors (Lipinski definition) is 2. The van der Waals surface area contributed by atoms with Crippen molar-refractivity contribution in [3.63, 3.8) is 0 Å². The van der Waals surface area contributed by atoms with Crippen LogP contribution in [0.2, 0.25) is 0 Å². The summed E-state index contributed by atoms with van der Waals surface area (Å²) in [6.45, 7) is 5.98. The third kappa shape index (κ3) is 3.45. The van der Waals surface area contributed by atoms with Crippen LogP contribution in [0.5, 0.6) is 0 Å². The topological polar surface area (TPSA) is 71.3 Å². The summed E-state index contributed by atoms with van der Waals surface area (Å²) in [5, 5.41) is 12.1. The summed E-state index contributed by atoms with van der Waals surface area (Å²) in [7, 11) is 0. The summed E-state index contributed by atoms with van der Waals surface area (Å²) in [6.07, 6.45) is 1.86. The molecule has 1 amide bonds. The molecule has 1 aliphatic carbocycles. The first-order chi connectivity index (χ1) is 11.9. The van der Waals surface area contributed by atoms with Gasteiger partial charge in [-0.15, -0.1) is 0 Å². The molecular formula is C20H24N2O3. The number of nitrogens with one attached hydrogen (secondary N) is 1. The van der Waals surface area contributed by atoms with Crippen LogP contribution in [0.25, 0.3) is 5.69 Å². The fraction of sp³-hybridized carbons (Fsp3) is 0.400. The summed E-state index contributed by atoms with van der Waals surface area (Å²) < 4.78 is 2.08. The van der Waals surface area contributed by atoms with Crippen molar-refractivity contribution < 1.29 is 14.7 Å². The van der Waals surface area contributed by atoms with Crippen molar-refractivity contribution in [2.24, 2.45) is 5.92 Å². The van der Waals surface area contributed by atoms with Crippen LogP contribution in [0.15, 0.2) is 30.3 Å². The summed E-state index contributed by atoms with van der Waals surface area (Å²) >= 11 is 0. The lowest BCUT2D eigenvalue weighted by Gasteiger charge is -2.13. The Balaban J connectivity index is 1.81. The number of carbonyl (C=O) groups excluding carboxylic acids is 1. The fourth-order valence-corrected chi connectivity index (χ4v) is 3.76. The van der Waals surface area contributed by atoms with E-state index in [1.165, 1.54) is 5.56 Å². The molecule has 1 saturated carbocycles. The van der Waals surface area contributed by atoms with E-state index in [1.54, 1.807) is 0 Å². The summed E-state index contributed by atoms with van der Waals surface area (Å²) in [6, 6.07) is 10.0. The highest BCUT2D eigenvalue weighted by molar-refractivity contribution is 5.96. The van der Waals surface area contributed by atoms with Crippen molar-refractivity contribution in [2.75, 3.05) is 0 Å². The number of hydrogen-bond donors (Lipinski definition) is 2. The van der Waals surface area contributed by atoms with Crippen molar-refractivity contribution in [1.29, 1.82) is 0 Å². The van der Waals surface area contributed by atoms with Crippen LogP contribution in [0, 0.1) is 26.7 Å². The van der Waals surface area contributed by atoms with E-state index in [0.717, 1.165) is 23.5 Å². The lowest BCUT2D eigenvalue weighted by molar-refractivity contribution is -0.141. The van der Waals surface area contributed by atoms with E-state index < -0.39 is 5.97 Å². The third-order valence-corrected chi connectivity index (χ3v) is 5.05. The molecule has 0 saturated heterocycles. The molecule has 1 heterocycles. The highest BCUT2D eigenvalue weighted by atomic mass is 16.4. The van der Waals surface area contributed by atoms with Crippen LogP contribution in [-0.4, -0.2) is 27.6 Å². The number of benzene rings is 1. The van der Waals surface area contributed by atoms with Gasteiger partial charge < -0.3 is 15.0 Å². The van der Waals surface area contributed by atoms with Gasteiger partial charge in [0.05, 0.1) is 11.5 Å². The van der Waals surface area contributed by atoms with Crippen molar-refractivity contribution in [1.82, 2.24) is 9.88 Å². The van der Waals surface area contributed by atoms with Gasteiger partial charge in [0.15, 0.2) is 0 Å². The zero-order chi connectivity index (χ0) is 18.1. The number of amides is 1. The van der Waals surface area contributed by atoms with Crippen LogP contribution in [0.1, 0.15) is 46.6 Å². The third-order valence-electron chi connectivity index (χ3n) is 5.05. The molecule has 0 bridgehead atoms. The second kappa shape index (κ2) is 6.75. The van der Waals surface area contributed by atoms with Crippen LogP contribution in [0.4, 0.5) is 0 Å². The van der Waals surface area contributed by atoms with Crippen LogP contribution < -0.4 is 5.32 Å². The molecule has 2 atom stereocenters. The predicted molar refractivity (Wildman–Crippen MR) is 96.2 cm³/mol. The molecule has 5 nitrogen and oxygen atoms in total. The van der Waals surface area contributed by atoms with Crippen molar-refractivity contribution in [3.8, 4) is 5.69 Å². The van der Waals surface area contributed by atoms with Crippen LogP contribution in [-0.2, 0) is 4.79 Å². The Morgan fingerprint density at radius 2 is 1.92 bits per heavy atom. The first kappa shape index (κ1) is 17.3. The number of carboxylic acid groups (broad SMARTS) is 1. The first-order valence-corrected chi connectivity index (χ1v) is 8.66. The molecule has 25 heavy (non-hydrogen) atoms. The Morgan fingerprint density at radius 1 is 1.16 bits per heavy atom. The summed E-state index contributed by atoms with van der Waals surface area (Å²) in [5.41, 5.74) is 4.76. The SMILES string of the molecule is Cc1cccc(-n2c(C)cc(C(=O)N[C@H]3CC[C@@H](C(=O)O)C3)c2C)c1. The Morgan fingerprint density at radius 3 is 2.56 bits per heavy atom. The van der Waals surface area contributed by atoms with Gasteiger partial charge >= 0.3 is 5.97 Å². The van der Waals surface area contributed by atoms with Crippen molar-refractivity contribution >= 4 is 11.9 Å². The monoisotopic (exact) mass is 340 g/mol. The van der Waals surface area contributed by atoms with Crippen LogP contribution in [0.3, 0.4) is 0 Å². The molecule has 0 aliphatic heterocycles. The molecule has 0 spiro atoms. The number of aryl methyl sites for hydroxylation is 2. The van der Waals surface area contributed by atoms with E-state index in [1.807, 2.05) is 45.0 Å². The minimum absolute atomic E-state index is 0.0596. The molecule has 132 valence electrons. The van der Waals surface area contributed by atoms with E-state index in [0.29, 0.717) is 18.4 Å². The van der Waals surface area contributed by atoms with Gasteiger partial charge in [-0.05, 0) is 63.8 Å². The van der Waals surface area contributed by atoms with Gasteiger partial charge in [-0.25, -0.2) is 0 Å². The normalized spacial score (nSPS) is 19.8. The highest BCUT2D eigenvalue weighted by Crippen LogP contribution is 2.27. The lowest BCUT2D eigenvalue weighted by atomic mass is 10.1. The maximum Gasteiger partial charge on any atom is 0.306 e. The Labute approximate surface area is 147 Å². The number of carboxylic acids is 1. The quantitative estimate of drug-likeness (QED) is 0.896. The molecule has 1 aromatic carbocycles. The smallest absolute Gasteiger partial charge is 0.306 e. The average Bonchev–Trinajstić information content (AvgIpc) is 3.12. The van der Waals surface area contributed by atoms with Gasteiger partial charge in [0.25, 0.3) is 5.91 Å². The molecule has 3 rings (SSSR count). The van der Waals surface area contributed by atoms with Crippen molar-refractivity contribution in [2.45, 2.75) is 46.1 Å². The molecule has 0 unspecified atom stereocenters. The Kier molecular flexibility index (Phi) is 4.66. The second-order valence-electron chi connectivity index (χ2n) is 6.98. The molecule has 2 N–H and O–H groups in total. The number of aliphatic carboxylic acids is 1. The largest absolute Gasteiger partial charge is 0.481 e. The zero-order valence-electron chi connectivity index (χ0n) is 14.9. The van der Waals surface area contributed by atoms with Crippen molar-refractivity contribution in [3.05, 3.63) is 52.8 Å². The van der Waals surface area contributed by atoms with E-state index in [9.17, 15) is 9.59 Å². The van der Waals surface area contributed by atoms with Gasteiger partial charge in [0, 0.05) is 23.1 Å². The predicted octanol–water partition coefficient (Wildman–Crippen LogP) is 3.39. The minimum Gasteiger partial charge on any atom is -0.481 e. The van der Waals surface area contributed by atoms with Gasteiger partial charge in [-0.2, -0.15) is 0 Å². The van der Waals surface area contributed by atoms with E-state index in [-0.39, 0.29) is 17.9 Å². The van der Waals surface area contributed by atoms with E-state index in [2.05, 4.69) is 16.0 Å². The molecule has 1 fully saturated rings. The fourth-order valence-electron chi connectivity index (χ4n) is 3.76. The molecule has 1 aliphatic rings. The number of aromatic nitrogens is 1. The standard InChI is InChI=1S/C20H24N2O3/c1-12-5-4-6-17(9-12)22-13(2)10-18(14(22)3)19(23)21-16-8-7-15(11-16)20(24)25/h4-6,9-10,15-16H,7-8,11H2,1-3H3,(H,21,23)(H,24,25)/t15-,16+/m1/s1. The lowest BCUT2D eigenvalue weighted by Crippen LogP contribution is -2.33. The molecule has 1 aromatic heterocycles. The van der Waals surface area contributed by atoms with Crippen LogP contribution >= 0.6 is 0 Å². The van der Waals surface area contributed by atoms with Gasteiger partial charge in [0.2, 0.25) is 0 Å². The molecule has 5 heteroatoms. The van der Waals surface area contributed by atoms with Gasteiger partial charge in [-0.1, -0.05) is 12.1 Å². The number of nitrogens with zero attached hydrogens (tertiary/aromatic N) is 1. The summed E-state index contributed by atoms with van der Waals surface area (Å²) in [4.78, 5) is 23.8. The number of rotatable bonds is 4. The Hall–Kier alpha value is -2.56. The average molecular weight is 340 g/mol. The molecule has 2 aromatic rings. The summed E-state index contributed by atoms with van der Waals surface area (Å²) in [5.74, 6) is -1.23. The highest BCUT2D eigenvalue weighted by Gasteiger charge is 2.31. The molecular weight excluding hydrogens is 316 g/mol. The van der Waals surface area contributed by atoms with E-state index >= 15 is 0 Å². The first-order valence-electron chi connectivity index (χ1n) is 8.66. The second-order valence-corrected chi connectivity index (χ2v) is 6.98. The zero-order valence-corrected chi connectivity index (χ0v) is 14.9. The number of carbonyl (C=O) groups is 2. The maximum atomic E-state index is 12.7. The molecule has 0 radical (unpaired) electrons. The maximum absolute atomic E-state index is 12.7. The minimum atomic E-state index is -0.769.